The van der Waals surface area contributed by atoms with Crippen LogP contribution >= 0.6 is 0 Å². The van der Waals surface area contributed by atoms with Gasteiger partial charge in [-0.2, -0.15) is 0 Å². The van der Waals surface area contributed by atoms with Crippen LogP contribution in [0.2, 0.25) is 0 Å². The summed E-state index contributed by atoms with van der Waals surface area (Å²) in [5, 5.41) is 3.13. The van der Waals surface area contributed by atoms with Crippen LogP contribution in [-0.2, 0) is 0 Å². The van der Waals surface area contributed by atoms with E-state index in [-0.39, 0.29) is 0 Å². The quantitative estimate of drug-likeness (QED) is 0.726. The van der Waals surface area contributed by atoms with Crippen molar-refractivity contribution in [2.75, 3.05) is 19.5 Å². The fourth-order valence-corrected chi connectivity index (χ4v) is 1.28. The topological polar surface area (TPSA) is 21.3 Å². The second-order valence-electron chi connectivity index (χ2n) is 2.89. The number of aryl methyl sites for hydroxylation is 2. The van der Waals surface area contributed by atoms with Gasteiger partial charge in [0.1, 0.15) is 5.75 Å². The number of nitrogens with one attached hydrogen (secondary N) is 1. The highest BCUT2D eigenvalue weighted by Gasteiger charge is 2.02. The summed E-state index contributed by atoms with van der Waals surface area (Å²) in [6.07, 6.45) is 0. The first kappa shape index (κ1) is 8.91. The van der Waals surface area contributed by atoms with Crippen LogP contribution in [0.3, 0.4) is 0 Å². The number of hydrogen-bond acceptors (Lipinski definition) is 2. The molecule has 0 bridgehead atoms. The lowest BCUT2D eigenvalue weighted by Crippen LogP contribution is -1.95. The minimum Gasteiger partial charge on any atom is -0.496 e. The van der Waals surface area contributed by atoms with Crippen LogP contribution < -0.4 is 10.1 Å². The predicted octanol–water partition coefficient (Wildman–Crippen LogP) is 2.35. The van der Waals surface area contributed by atoms with Gasteiger partial charge in [-0.3, -0.25) is 0 Å². The Kier molecular flexibility index (Phi) is 2.58. The van der Waals surface area contributed by atoms with E-state index < -0.39 is 0 Å². The maximum absolute atomic E-state index is 5.20. The first-order chi connectivity index (χ1) is 5.69. The van der Waals surface area contributed by atoms with Gasteiger partial charge in [-0.1, -0.05) is 0 Å². The van der Waals surface area contributed by atoms with Crippen LogP contribution in [0.15, 0.2) is 12.1 Å². The van der Waals surface area contributed by atoms with Gasteiger partial charge < -0.3 is 10.1 Å². The van der Waals surface area contributed by atoms with Crippen molar-refractivity contribution in [2.24, 2.45) is 0 Å². The lowest BCUT2D eigenvalue weighted by Gasteiger charge is -2.10. The Labute approximate surface area is 73.6 Å². The standard InChI is InChI=1S/C10H15NO/c1-7-6-10(12-4)8(2)5-9(7)11-3/h5-6,11H,1-4H3. The number of methoxy groups -OCH3 is 1. The van der Waals surface area contributed by atoms with Crippen LogP contribution in [0.1, 0.15) is 11.1 Å². The van der Waals surface area contributed by atoms with Gasteiger partial charge >= 0.3 is 0 Å². The zero-order valence-electron chi connectivity index (χ0n) is 8.06. The fraction of sp³-hybridized carbons (Fsp3) is 0.400. The molecule has 0 aliphatic carbocycles. The van der Waals surface area contributed by atoms with Gasteiger partial charge in [0.15, 0.2) is 0 Å². The third-order valence-electron chi connectivity index (χ3n) is 2.01. The molecule has 0 unspecified atom stereocenters. The second kappa shape index (κ2) is 3.48. The summed E-state index contributed by atoms with van der Waals surface area (Å²) in [4.78, 5) is 0. The molecule has 1 rings (SSSR count). The van der Waals surface area contributed by atoms with Crippen LogP contribution in [0.25, 0.3) is 0 Å². The van der Waals surface area contributed by atoms with Gasteiger partial charge in [-0.15, -0.1) is 0 Å². The monoisotopic (exact) mass is 165 g/mol. The lowest BCUT2D eigenvalue weighted by atomic mass is 10.1. The van der Waals surface area contributed by atoms with Gasteiger partial charge in [-0.05, 0) is 37.1 Å². The molecule has 0 heterocycles. The zero-order chi connectivity index (χ0) is 9.14. The molecule has 0 aromatic heterocycles. The number of hydrogen-bond donors (Lipinski definition) is 1. The normalized spacial score (nSPS) is 9.67. The molecule has 0 amide bonds. The molecule has 0 aliphatic rings. The zero-order valence-corrected chi connectivity index (χ0v) is 8.06. The molecule has 0 radical (unpaired) electrons. The first-order valence-electron chi connectivity index (χ1n) is 4.02. The Balaban J connectivity index is 3.16. The average molecular weight is 165 g/mol. The molecule has 2 heteroatoms. The molecule has 0 atom stereocenters. The summed E-state index contributed by atoms with van der Waals surface area (Å²) in [5.41, 5.74) is 3.53. The van der Waals surface area contributed by atoms with Crippen molar-refractivity contribution < 1.29 is 4.74 Å². The molecular formula is C10H15NO. The molecule has 0 saturated heterocycles. The van der Waals surface area contributed by atoms with E-state index in [0.29, 0.717) is 0 Å². The minimum atomic E-state index is 0.950. The molecular weight excluding hydrogens is 150 g/mol. The van der Waals surface area contributed by atoms with Gasteiger partial charge in [0.05, 0.1) is 7.11 Å². The van der Waals surface area contributed by atoms with Crippen LogP contribution in [0.4, 0.5) is 5.69 Å². The summed E-state index contributed by atoms with van der Waals surface area (Å²) in [7, 11) is 3.62. The Morgan fingerprint density at radius 3 is 2.33 bits per heavy atom. The van der Waals surface area contributed by atoms with Crippen molar-refractivity contribution in [1.29, 1.82) is 0 Å². The van der Waals surface area contributed by atoms with Gasteiger partial charge in [0.2, 0.25) is 0 Å². The maximum atomic E-state index is 5.20. The summed E-state index contributed by atoms with van der Waals surface area (Å²) in [5.74, 6) is 0.950. The smallest absolute Gasteiger partial charge is 0.122 e. The molecule has 0 aliphatic heterocycles. The van der Waals surface area contributed by atoms with Crippen molar-refractivity contribution in [3.8, 4) is 5.75 Å². The highest BCUT2D eigenvalue weighted by Crippen LogP contribution is 2.25. The maximum Gasteiger partial charge on any atom is 0.122 e. The molecule has 0 spiro atoms. The number of rotatable bonds is 2. The molecule has 2 nitrogen and oxygen atoms in total. The summed E-state index contributed by atoms with van der Waals surface area (Å²) < 4.78 is 5.20. The van der Waals surface area contributed by atoms with Crippen molar-refractivity contribution in [3.63, 3.8) is 0 Å². The number of benzene rings is 1. The Hall–Kier alpha value is -1.18. The number of anilines is 1. The first-order valence-corrected chi connectivity index (χ1v) is 4.02. The Morgan fingerprint density at radius 2 is 1.83 bits per heavy atom. The molecule has 1 N–H and O–H groups in total. The molecule has 0 saturated carbocycles. The van der Waals surface area contributed by atoms with Crippen molar-refractivity contribution in [3.05, 3.63) is 23.3 Å². The van der Waals surface area contributed by atoms with E-state index in [4.69, 9.17) is 4.74 Å². The van der Waals surface area contributed by atoms with E-state index in [1.54, 1.807) is 7.11 Å². The molecule has 66 valence electrons. The lowest BCUT2D eigenvalue weighted by molar-refractivity contribution is 0.411. The van der Waals surface area contributed by atoms with Crippen molar-refractivity contribution in [1.82, 2.24) is 0 Å². The third kappa shape index (κ3) is 1.52. The van der Waals surface area contributed by atoms with Crippen LogP contribution in [-0.4, -0.2) is 14.2 Å². The Morgan fingerprint density at radius 1 is 1.17 bits per heavy atom. The SMILES string of the molecule is CNc1cc(C)c(OC)cc1C. The fourth-order valence-electron chi connectivity index (χ4n) is 1.28. The van der Waals surface area contributed by atoms with Crippen molar-refractivity contribution in [2.45, 2.75) is 13.8 Å². The van der Waals surface area contributed by atoms with Crippen molar-refractivity contribution >= 4 is 5.69 Å². The molecule has 12 heavy (non-hydrogen) atoms. The van der Waals surface area contributed by atoms with E-state index >= 15 is 0 Å². The molecule has 0 fully saturated rings. The van der Waals surface area contributed by atoms with Crippen LogP contribution in [0.5, 0.6) is 5.75 Å². The largest absolute Gasteiger partial charge is 0.496 e. The molecule has 1 aromatic rings. The Bertz CT molecular complexity index is 252. The third-order valence-corrected chi connectivity index (χ3v) is 2.01. The summed E-state index contributed by atoms with van der Waals surface area (Å²) >= 11 is 0. The van der Waals surface area contributed by atoms with Crippen LogP contribution in [0, 0.1) is 13.8 Å². The molecule has 1 aromatic carbocycles. The van der Waals surface area contributed by atoms with E-state index in [2.05, 4.69) is 18.3 Å². The highest BCUT2D eigenvalue weighted by atomic mass is 16.5. The van der Waals surface area contributed by atoms with Gasteiger partial charge in [0.25, 0.3) is 0 Å². The average Bonchev–Trinajstić information content (AvgIpc) is 2.08. The van der Waals surface area contributed by atoms with E-state index in [9.17, 15) is 0 Å². The minimum absolute atomic E-state index is 0.950. The van der Waals surface area contributed by atoms with E-state index in [1.165, 1.54) is 5.56 Å². The number of ether oxygens (including phenoxy) is 1. The predicted molar refractivity (Wildman–Crippen MR) is 52.0 cm³/mol. The van der Waals surface area contributed by atoms with E-state index in [1.807, 2.05) is 20.0 Å². The highest BCUT2D eigenvalue weighted by molar-refractivity contribution is 5.56. The van der Waals surface area contributed by atoms with E-state index in [0.717, 1.165) is 17.0 Å². The summed E-state index contributed by atoms with van der Waals surface area (Å²) in [6.45, 7) is 4.10. The van der Waals surface area contributed by atoms with Gasteiger partial charge in [-0.25, -0.2) is 0 Å². The summed E-state index contributed by atoms with van der Waals surface area (Å²) in [6, 6.07) is 4.13. The second-order valence-corrected chi connectivity index (χ2v) is 2.89. The van der Waals surface area contributed by atoms with Gasteiger partial charge in [0, 0.05) is 12.7 Å².